The minimum atomic E-state index is -0.210. The van der Waals surface area contributed by atoms with Gasteiger partial charge in [-0.2, -0.15) is 0 Å². The normalized spacial score (nSPS) is 10.7. The number of nitrogens with one attached hydrogen (secondary N) is 1. The lowest BCUT2D eigenvalue weighted by Crippen LogP contribution is -2.11. The number of fused-ring (bicyclic) bond motifs is 1. The van der Waals surface area contributed by atoms with Gasteiger partial charge in [0.25, 0.3) is 5.91 Å². The molecule has 0 spiro atoms. The molecule has 0 atom stereocenters. The Morgan fingerprint density at radius 1 is 1.17 bits per heavy atom. The molecule has 0 radical (unpaired) electrons. The molecule has 6 heteroatoms. The van der Waals surface area contributed by atoms with Gasteiger partial charge in [-0.15, -0.1) is 11.3 Å². The van der Waals surface area contributed by atoms with Crippen molar-refractivity contribution < 1.29 is 9.53 Å². The van der Waals surface area contributed by atoms with Crippen molar-refractivity contribution in [2.75, 3.05) is 31.4 Å². The second-order valence-electron chi connectivity index (χ2n) is 5.50. The third kappa shape index (κ3) is 3.18. The number of thiophene rings is 1. The quantitative estimate of drug-likeness (QED) is 0.720. The van der Waals surface area contributed by atoms with Crippen LogP contribution in [0, 0.1) is 0 Å². The number of methoxy groups -OCH3 is 1. The molecule has 1 heterocycles. The molecule has 0 aliphatic heterocycles. The number of ether oxygens (including phenoxy) is 1. The SMILES string of the molecule is COc1ccc2sc(C(=O)Nc3ccc(N(C)C)cc3)c(Cl)c2c1. The molecule has 24 heavy (non-hydrogen) atoms. The highest BCUT2D eigenvalue weighted by atomic mass is 35.5. The summed E-state index contributed by atoms with van der Waals surface area (Å²) in [5.41, 5.74) is 1.80. The Bertz CT molecular complexity index is 888. The number of hydrogen-bond acceptors (Lipinski definition) is 4. The first-order valence-corrected chi connectivity index (χ1v) is 8.54. The highest BCUT2D eigenvalue weighted by molar-refractivity contribution is 7.21. The van der Waals surface area contributed by atoms with Crippen molar-refractivity contribution >= 4 is 50.3 Å². The second kappa shape index (κ2) is 6.71. The zero-order chi connectivity index (χ0) is 17.3. The van der Waals surface area contributed by atoms with Crippen molar-refractivity contribution in [1.82, 2.24) is 0 Å². The first-order chi connectivity index (χ1) is 11.5. The monoisotopic (exact) mass is 360 g/mol. The number of amides is 1. The van der Waals surface area contributed by atoms with Crippen molar-refractivity contribution in [3.63, 3.8) is 0 Å². The first kappa shape index (κ1) is 16.6. The Morgan fingerprint density at radius 2 is 1.88 bits per heavy atom. The molecule has 0 bridgehead atoms. The number of hydrogen-bond donors (Lipinski definition) is 1. The smallest absolute Gasteiger partial charge is 0.267 e. The first-order valence-electron chi connectivity index (χ1n) is 7.34. The standard InChI is InChI=1S/C18H17ClN2O2S/c1-21(2)12-6-4-11(5-7-12)20-18(22)17-16(19)14-10-13(23-3)8-9-15(14)24-17/h4-10H,1-3H3,(H,20,22). The third-order valence-electron chi connectivity index (χ3n) is 3.68. The van der Waals surface area contributed by atoms with Gasteiger partial charge in [0.1, 0.15) is 10.6 Å². The minimum Gasteiger partial charge on any atom is -0.497 e. The molecule has 3 aromatic rings. The molecule has 0 aliphatic carbocycles. The zero-order valence-corrected chi connectivity index (χ0v) is 15.2. The van der Waals surface area contributed by atoms with Crippen LogP contribution in [0.1, 0.15) is 9.67 Å². The van der Waals surface area contributed by atoms with Crippen LogP contribution in [0.4, 0.5) is 11.4 Å². The summed E-state index contributed by atoms with van der Waals surface area (Å²) in [7, 11) is 5.55. The number of benzene rings is 2. The Hall–Kier alpha value is -2.24. The van der Waals surface area contributed by atoms with Gasteiger partial charge in [-0.25, -0.2) is 0 Å². The van der Waals surface area contributed by atoms with Gasteiger partial charge in [-0.05, 0) is 42.5 Å². The Balaban J connectivity index is 1.87. The van der Waals surface area contributed by atoms with Crippen LogP contribution in [0.25, 0.3) is 10.1 Å². The summed E-state index contributed by atoms with van der Waals surface area (Å²) in [5.74, 6) is 0.506. The van der Waals surface area contributed by atoms with Gasteiger partial charge in [0.2, 0.25) is 0 Å². The van der Waals surface area contributed by atoms with E-state index in [0.29, 0.717) is 15.6 Å². The summed E-state index contributed by atoms with van der Waals surface area (Å²) >= 11 is 7.77. The van der Waals surface area contributed by atoms with Gasteiger partial charge in [-0.1, -0.05) is 11.6 Å². The van der Waals surface area contributed by atoms with Crippen molar-refractivity contribution in [2.24, 2.45) is 0 Å². The fourth-order valence-electron chi connectivity index (χ4n) is 2.35. The van der Waals surface area contributed by atoms with E-state index in [1.165, 1.54) is 11.3 Å². The van der Waals surface area contributed by atoms with Crippen molar-refractivity contribution in [3.05, 3.63) is 52.4 Å². The molecule has 2 aromatic carbocycles. The molecule has 4 nitrogen and oxygen atoms in total. The lowest BCUT2D eigenvalue weighted by molar-refractivity contribution is 0.103. The summed E-state index contributed by atoms with van der Waals surface area (Å²) in [4.78, 5) is 15.0. The van der Waals surface area contributed by atoms with E-state index < -0.39 is 0 Å². The molecular formula is C18H17ClN2O2S. The maximum absolute atomic E-state index is 12.6. The molecule has 0 saturated heterocycles. The van der Waals surface area contributed by atoms with E-state index in [0.717, 1.165) is 21.5 Å². The molecule has 0 fully saturated rings. The number of halogens is 1. The van der Waals surface area contributed by atoms with E-state index in [9.17, 15) is 4.79 Å². The van der Waals surface area contributed by atoms with Gasteiger partial charge in [0.15, 0.2) is 0 Å². The van der Waals surface area contributed by atoms with E-state index in [4.69, 9.17) is 16.3 Å². The number of carbonyl (C=O) groups is 1. The van der Waals surface area contributed by atoms with Gasteiger partial charge >= 0.3 is 0 Å². The van der Waals surface area contributed by atoms with Gasteiger partial charge in [0, 0.05) is 35.6 Å². The number of carbonyl (C=O) groups excluding carboxylic acids is 1. The third-order valence-corrected chi connectivity index (χ3v) is 5.36. The van der Waals surface area contributed by atoms with Gasteiger partial charge in [-0.3, -0.25) is 4.79 Å². The molecule has 0 saturated carbocycles. The molecule has 0 unspecified atom stereocenters. The van der Waals surface area contributed by atoms with E-state index in [-0.39, 0.29) is 5.91 Å². The minimum absolute atomic E-state index is 0.210. The lowest BCUT2D eigenvalue weighted by Gasteiger charge is -2.12. The number of rotatable bonds is 4. The average Bonchev–Trinajstić information content (AvgIpc) is 2.91. The molecule has 3 rings (SSSR count). The molecule has 1 aromatic heterocycles. The number of nitrogens with zero attached hydrogens (tertiary/aromatic N) is 1. The summed E-state index contributed by atoms with van der Waals surface area (Å²) in [6.07, 6.45) is 0. The maximum atomic E-state index is 12.6. The van der Waals surface area contributed by atoms with Crippen molar-refractivity contribution in [1.29, 1.82) is 0 Å². The molecule has 1 N–H and O–H groups in total. The topological polar surface area (TPSA) is 41.6 Å². The average molecular weight is 361 g/mol. The summed E-state index contributed by atoms with van der Waals surface area (Å²) in [6.45, 7) is 0. The highest BCUT2D eigenvalue weighted by Gasteiger charge is 2.17. The summed E-state index contributed by atoms with van der Waals surface area (Å²) in [5, 5.41) is 4.17. The van der Waals surface area contributed by atoms with Crippen LogP contribution in [0.15, 0.2) is 42.5 Å². The molecule has 1 amide bonds. The van der Waals surface area contributed by atoms with Crippen LogP contribution in [0.3, 0.4) is 0 Å². The Kier molecular flexibility index (Phi) is 4.64. The largest absolute Gasteiger partial charge is 0.497 e. The van der Waals surface area contributed by atoms with Crippen LogP contribution in [-0.2, 0) is 0 Å². The fourth-order valence-corrected chi connectivity index (χ4v) is 3.73. The van der Waals surface area contributed by atoms with Crippen LogP contribution in [0.5, 0.6) is 5.75 Å². The highest BCUT2D eigenvalue weighted by Crippen LogP contribution is 2.37. The van der Waals surface area contributed by atoms with Crippen molar-refractivity contribution in [3.8, 4) is 5.75 Å². The van der Waals surface area contributed by atoms with Crippen LogP contribution < -0.4 is 15.0 Å². The predicted molar refractivity (Wildman–Crippen MR) is 102 cm³/mol. The van der Waals surface area contributed by atoms with Crippen LogP contribution in [0.2, 0.25) is 5.02 Å². The van der Waals surface area contributed by atoms with Gasteiger partial charge in [0.05, 0.1) is 12.1 Å². The fraction of sp³-hybridized carbons (Fsp3) is 0.167. The van der Waals surface area contributed by atoms with Crippen LogP contribution in [-0.4, -0.2) is 27.1 Å². The van der Waals surface area contributed by atoms with E-state index in [2.05, 4.69) is 5.32 Å². The van der Waals surface area contributed by atoms with Crippen LogP contribution >= 0.6 is 22.9 Å². The summed E-state index contributed by atoms with van der Waals surface area (Å²) in [6, 6.07) is 13.3. The zero-order valence-electron chi connectivity index (χ0n) is 13.6. The van der Waals surface area contributed by atoms with E-state index in [1.54, 1.807) is 7.11 Å². The predicted octanol–water partition coefficient (Wildman–Crippen LogP) is 4.88. The maximum Gasteiger partial charge on any atom is 0.267 e. The number of anilines is 2. The second-order valence-corrected chi connectivity index (χ2v) is 6.93. The molecule has 0 aliphatic rings. The summed E-state index contributed by atoms with van der Waals surface area (Å²) < 4.78 is 6.17. The molecule has 124 valence electrons. The van der Waals surface area contributed by atoms with E-state index >= 15 is 0 Å². The molecular weight excluding hydrogens is 344 g/mol. The Morgan fingerprint density at radius 3 is 2.50 bits per heavy atom. The van der Waals surface area contributed by atoms with Gasteiger partial charge < -0.3 is 15.0 Å². The Labute approximate surface area is 149 Å². The van der Waals surface area contributed by atoms with E-state index in [1.807, 2.05) is 61.5 Å². The van der Waals surface area contributed by atoms with Crippen molar-refractivity contribution in [2.45, 2.75) is 0 Å². The lowest BCUT2D eigenvalue weighted by atomic mass is 10.2.